The highest BCUT2D eigenvalue weighted by atomic mass is 32.2. The number of nitrogens with zero attached hydrogens (tertiary/aromatic N) is 2. The van der Waals surface area contributed by atoms with E-state index in [1.807, 2.05) is 6.07 Å². The van der Waals surface area contributed by atoms with Crippen LogP contribution in [0.4, 0.5) is 5.69 Å². The number of phenols is 1. The fourth-order valence-electron chi connectivity index (χ4n) is 3.39. The fraction of sp³-hybridized carbons (Fsp3) is 0.467. The van der Waals surface area contributed by atoms with Crippen molar-refractivity contribution in [3.05, 3.63) is 23.8 Å². The van der Waals surface area contributed by atoms with E-state index in [9.17, 15) is 19.8 Å². The molecule has 1 fully saturated rings. The molecule has 23 heavy (non-hydrogen) atoms. The Balaban J connectivity index is 2.28. The molecule has 2 amide bonds. The number of piperazine rings is 1. The van der Waals surface area contributed by atoms with Gasteiger partial charge in [0.15, 0.2) is 9.74 Å². The minimum Gasteiger partial charge on any atom is -0.506 e. The maximum absolute atomic E-state index is 13.3. The second kappa shape index (κ2) is 5.32. The Kier molecular flexibility index (Phi) is 3.81. The second-order valence-corrected chi connectivity index (χ2v) is 7.77. The van der Waals surface area contributed by atoms with Gasteiger partial charge in [-0.1, -0.05) is 12.1 Å². The van der Waals surface area contributed by atoms with Crippen molar-refractivity contribution in [2.24, 2.45) is 0 Å². The van der Waals surface area contributed by atoms with Crippen LogP contribution in [-0.2, 0) is 16.0 Å². The Bertz CT molecular complexity index is 692. The van der Waals surface area contributed by atoms with Crippen molar-refractivity contribution >= 4 is 41.0 Å². The minimum atomic E-state index is -1.37. The summed E-state index contributed by atoms with van der Waals surface area (Å²) in [5.41, 5.74) is 1.13. The quantitative estimate of drug-likeness (QED) is 0.838. The third-order valence-corrected chi connectivity index (χ3v) is 7.15. The number of para-hydroxylation sites is 1. The van der Waals surface area contributed by atoms with Crippen molar-refractivity contribution < 1.29 is 19.8 Å². The van der Waals surface area contributed by atoms with Crippen molar-refractivity contribution in [1.82, 2.24) is 4.90 Å². The van der Waals surface area contributed by atoms with Crippen molar-refractivity contribution in [2.45, 2.75) is 16.2 Å². The van der Waals surface area contributed by atoms with Crippen molar-refractivity contribution in [3.63, 3.8) is 0 Å². The van der Waals surface area contributed by atoms with Crippen LogP contribution in [-0.4, -0.2) is 62.8 Å². The first-order valence-corrected chi connectivity index (χ1v) is 9.49. The van der Waals surface area contributed by atoms with Gasteiger partial charge >= 0.3 is 0 Å². The Labute approximate surface area is 142 Å². The normalized spacial score (nSPS) is 29.7. The Morgan fingerprint density at radius 2 is 1.91 bits per heavy atom. The molecule has 3 rings (SSSR count). The molecule has 0 bridgehead atoms. The molecular weight excluding hydrogens is 336 g/mol. The van der Waals surface area contributed by atoms with E-state index in [0.29, 0.717) is 12.1 Å². The molecule has 1 saturated heterocycles. The van der Waals surface area contributed by atoms with E-state index in [2.05, 4.69) is 0 Å². The second-order valence-electron chi connectivity index (χ2n) is 5.60. The first-order chi connectivity index (χ1) is 10.9. The first-order valence-electron chi connectivity index (χ1n) is 7.04. The highest BCUT2D eigenvalue weighted by Gasteiger charge is 2.65. The number of likely N-dealkylation sites (N-methyl/N-ethyl adjacent to an activating group) is 1. The van der Waals surface area contributed by atoms with E-state index in [1.54, 1.807) is 25.6 Å². The summed E-state index contributed by atoms with van der Waals surface area (Å²) in [7, 11) is 1.55. The number of aliphatic hydroxyl groups excluding tert-OH is 1. The van der Waals surface area contributed by atoms with Gasteiger partial charge in [-0.25, -0.2) is 0 Å². The van der Waals surface area contributed by atoms with E-state index in [0.717, 1.165) is 17.3 Å². The van der Waals surface area contributed by atoms with Crippen molar-refractivity contribution in [3.8, 4) is 5.75 Å². The molecule has 6 nitrogen and oxygen atoms in total. The van der Waals surface area contributed by atoms with E-state index < -0.39 is 16.3 Å². The van der Waals surface area contributed by atoms with Gasteiger partial charge in [0, 0.05) is 13.5 Å². The summed E-state index contributed by atoms with van der Waals surface area (Å²) in [5, 5.41) is 20.1. The maximum atomic E-state index is 13.3. The molecule has 8 heteroatoms. The van der Waals surface area contributed by atoms with Gasteiger partial charge < -0.3 is 15.1 Å². The number of aliphatic hydroxyl groups is 1. The summed E-state index contributed by atoms with van der Waals surface area (Å²) in [6.07, 6.45) is 3.80. The molecule has 0 spiro atoms. The van der Waals surface area contributed by atoms with Gasteiger partial charge in [-0.2, -0.15) is 0 Å². The molecule has 0 unspecified atom stereocenters. The number of rotatable bonds is 3. The average molecular weight is 354 g/mol. The van der Waals surface area contributed by atoms with Crippen LogP contribution in [0.1, 0.15) is 5.56 Å². The average Bonchev–Trinajstić information content (AvgIpc) is 2.91. The Morgan fingerprint density at radius 1 is 1.22 bits per heavy atom. The third kappa shape index (κ3) is 1.82. The van der Waals surface area contributed by atoms with Gasteiger partial charge in [-0.15, -0.1) is 23.5 Å². The van der Waals surface area contributed by atoms with Gasteiger partial charge in [0.05, 0.1) is 12.3 Å². The summed E-state index contributed by atoms with van der Waals surface area (Å²) >= 11 is 2.40. The molecule has 2 heterocycles. The number of hydrogen-bond acceptors (Lipinski definition) is 6. The van der Waals surface area contributed by atoms with Gasteiger partial charge in [-0.05, 0) is 24.1 Å². The van der Waals surface area contributed by atoms with Gasteiger partial charge in [0.25, 0.3) is 11.8 Å². The molecular formula is C15H18N2O4S2. The lowest BCUT2D eigenvalue weighted by Gasteiger charge is -2.52. The number of carbonyl (C=O) groups excluding carboxylic acids is 2. The van der Waals surface area contributed by atoms with E-state index in [-0.39, 0.29) is 17.6 Å². The standard InChI is InChI=1S/C15H18N2O4S2/c1-16-12(20)14(22-2)7-9-5-4-6-10(19)11(9)17(14)13(21)15(16,8-18)23-3/h4-6,18-19H,7-8H2,1-3H3/t14-,15-/m1/s1. The van der Waals surface area contributed by atoms with Crippen LogP contribution in [0.15, 0.2) is 18.2 Å². The number of hydrogen-bond donors (Lipinski definition) is 2. The van der Waals surface area contributed by atoms with E-state index in [1.165, 1.54) is 27.6 Å². The topological polar surface area (TPSA) is 81.1 Å². The Hall–Kier alpha value is -1.38. The minimum absolute atomic E-state index is 0.0305. The zero-order valence-electron chi connectivity index (χ0n) is 13.1. The maximum Gasteiger partial charge on any atom is 0.267 e. The van der Waals surface area contributed by atoms with Gasteiger partial charge in [-0.3, -0.25) is 14.5 Å². The predicted molar refractivity (Wildman–Crippen MR) is 91.6 cm³/mol. The zero-order valence-corrected chi connectivity index (χ0v) is 14.7. The number of thioether (sulfide) groups is 2. The molecule has 2 atom stereocenters. The number of benzene rings is 1. The fourth-order valence-corrected chi connectivity index (χ4v) is 5.11. The molecule has 124 valence electrons. The molecule has 2 aliphatic heterocycles. The van der Waals surface area contributed by atoms with Crippen LogP contribution in [0, 0.1) is 0 Å². The summed E-state index contributed by atoms with van der Waals surface area (Å²) in [6, 6.07) is 5.02. The number of phenolic OH excluding ortho intramolecular Hbond substituents is 1. The number of amides is 2. The number of anilines is 1. The number of aromatic hydroxyl groups is 1. The van der Waals surface area contributed by atoms with Crippen LogP contribution in [0.5, 0.6) is 5.75 Å². The van der Waals surface area contributed by atoms with Gasteiger partial charge in [0.2, 0.25) is 0 Å². The predicted octanol–water partition coefficient (Wildman–Crippen LogP) is 0.864. The molecule has 1 aromatic rings. The molecule has 0 radical (unpaired) electrons. The molecule has 0 saturated carbocycles. The van der Waals surface area contributed by atoms with E-state index >= 15 is 0 Å². The third-order valence-electron chi connectivity index (χ3n) is 4.72. The summed E-state index contributed by atoms with van der Waals surface area (Å²) in [4.78, 5) is 26.6. The largest absolute Gasteiger partial charge is 0.506 e. The SMILES string of the molecule is CS[C@]1(CO)C(=O)N2c3c(O)cccc3C[C@@]2(SC)C(=O)N1C. The summed E-state index contributed by atoms with van der Waals surface area (Å²) < 4.78 is 0. The highest BCUT2D eigenvalue weighted by Crippen LogP contribution is 2.54. The van der Waals surface area contributed by atoms with Crippen LogP contribution < -0.4 is 4.90 Å². The van der Waals surface area contributed by atoms with Crippen LogP contribution >= 0.6 is 23.5 Å². The molecule has 0 aromatic heterocycles. The highest BCUT2D eigenvalue weighted by molar-refractivity contribution is 8.01. The molecule has 2 N–H and O–H groups in total. The van der Waals surface area contributed by atoms with Crippen molar-refractivity contribution in [2.75, 3.05) is 31.1 Å². The monoisotopic (exact) mass is 354 g/mol. The number of carbonyl (C=O) groups is 2. The van der Waals surface area contributed by atoms with Crippen LogP contribution in [0.3, 0.4) is 0 Å². The summed E-state index contributed by atoms with van der Waals surface area (Å²) in [6.45, 7) is -0.487. The van der Waals surface area contributed by atoms with E-state index in [4.69, 9.17) is 0 Å². The smallest absolute Gasteiger partial charge is 0.267 e. The summed E-state index contributed by atoms with van der Waals surface area (Å²) in [5.74, 6) is -0.662. The van der Waals surface area contributed by atoms with Crippen LogP contribution in [0.2, 0.25) is 0 Å². The number of fused-ring (bicyclic) bond motifs is 3. The first kappa shape index (κ1) is 16.5. The Morgan fingerprint density at radius 3 is 2.48 bits per heavy atom. The zero-order chi connectivity index (χ0) is 17.0. The lowest BCUT2D eigenvalue weighted by molar-refractivity contribution is -0.149. The van der Waals surface area contributed by atoms with Crippen LogP contribution in [0.25, 0.3) is 0 Å². The lowest BCUT2D eigenvalue weighted by atomic mass is 10.0. The molecule has 1 aromatic carbocycles. The van der Waals surface area contributed by atoms with Crippen molar-refractivity contribution in [1.29, 1.82) is 0 Å². The molecule has 0 aliphatic carbocycles. The molecule has 2 aliphatic rings. The van der Waals surface area contributed by atoms with Gasteiger partial charge in [0.1, 0.15) is 5.75 Å². The lowest BCUT2D eigenvalue weighted by Crippen LogP contribution is -2.74.